The Morgan fingerprint density at radius 2 is 1.89 bits per heavy atom. The molecule has 4 heteroatoms. The number of amides is 1. The minimum Gasteiger partial charge on any atom is -0.355 e. The van der Waals surface area contributed by atoms with Gasteiger partial charge in [0.2, 0.25) is 5.91 Å². The van der Waals surface area contributed by atoms with Gasteiger partial charge < -0.3 is 16.0 Å². The second-order valence-corrected chi connectivity index (χ2v) is 5.83. The summed E-state index contributed by atoms with van der Waals surface area (Å²) in [6.45, 7) is 7.08. The molecule has 0 radical (unpaired) electrons. The van der Waals surface area contributed by atoms with Gasteiger partial charge in [-0.1, -0.05) is 19.8 Å². The second-order valence-electron chi connectivity index (χ2n) is 5.83. The van der Waals surface area contributed by atoms with Crippen LogP contribution in [0.5, 0.6) is 0 Å². The first-order valence-electron chi connectivity index (χ1n) is 7.91. The maximum Gasteiger partial charge on any atom is 0.220 e. The Bertz CT molecular complexity index is 238. The summed E-state index contributed by atoms with van der Waals surface area (Å²) in [7, 11) is 0. The lowest BCUT2D eigenvalue weighted by atomic mass is 10.0. The van der Waals surface area contributed by atoms with Crippen LogP contribution in [-0.4, -0.2) is 43.5 Å². The van der Waals surface area contributed by atoms with E-state index in [2.05, 4.69) is 17.1 Å². The first kappa shape index (κ1) is 16.4. The smallest absolute Gasteiger partial charge is 0.220 e. The molecule has 1 aliphatic rings. The van der Waals surface area contributed by atoms with Gasteiger partial charge in [0.1, 0.15) is 0 Å². The molecule has 1 aliphatic heterocycles. The van der Waals surface area contributed by atoms with Gasteiger partial charge in [-0.2, -0.15) is 0 Å². The predicted octanol–water partition coefficient (Wildman–Crippen LogP) is 1.74. The fourth-order valence-corrected chi connectivity index (χ4v) is 2.61. The van der Waals surface area contributed by atoms with Crippen molar-refractivity contribution in [1.82, 2.24) is 10.2 Å². The quantitative estimate of drug-likeness (QED) is 0.706. The van der Waals surface area contributed by atoms with Crippen LogP contribution < -0.4 is 11.1 Å². The molecule has 3 N–H and O–H groups in total. The Balaban J connectivity index is 2.02. The first-order valence-corrected chi connectivity index (χ1v) is 7.91. The third kappa shape index (κ3) is 8.22. The van der Waals surface area contributed by atoms with Crippen LogP contribution in [0.2, 0.25) is 0 Å². The highest BCUT2D eigenvalue weighted by molar-refractivity contribution is 5.75. The summed E-state index contributed by atoms with van der Waals surface area (Å²) < 4.78 is 0. The van der Waals surface area contributed by atoms with E-state index in [4.69, 9.17) is 5.73 Å². The highest BCUT2D eigenvalue weighted by Gasteiger charge is 2.09. The molecule has 0 bridgehead atoms. The van der Waals surface area contributed by atoms with Crippen molar-refractivity contribution in [2.75, 3.05) is 32.7 Å². The molecule has 4 nitrogen and oxygen atoms in total. The van der Waals surface area contributed by atoms with Crippen LogP contribution in [-0.2, 0) is 4.79 Å². The maximum atomic E-state index is 11.7. The molecule has 112 valence electrons. The molecule has 0 spiro atoms. The van der Waals surface area contributed by atoms with Gasteiger partial charge in [0.25, 0.3) is 0 Å². The zero-order valence-electron chi connectivity index (χ0n) is 12.5. The fraction of sp³-hybridized carbons (Fsp3) is 0.933. The van der Waals surface area contributed by atoms with Crippen molar-refractivity contribution in [3.63, 3.8) is 0 Å². The lowest BCUT2D eigenvalue weighted by Gasteiger charge is -2.19. The average Bonchev–Trinajstić information content (AvgIpc) is 2.65. The minimum atomic E-state index is 0.193. The molecule has 1 fully saturated rings. The number of hydrogen-bond donors (Lipinski definition) is 2. The van der Waals surface area contributed by atoms with Gasteiger partial charge in [-0.15, -0.1) is 0 Å². The number of hydrogen-bond acceptors (Lipinski definition) is 3. The van der Waals surface area contributed by atoms with Gasteiger partial charge in [-0.05, 0) is 51.2 Å². The van der Waals surface area contributed by atoms with Gasteiger partial charge in [0.05, 0.1) is 0 Å². The Hall–Kier alpha value is -0.610. The summed E-state index contributed by atoms with van der Waals surface area (Å²) in [4.78, 5) is 14.2. The summed E-state index contributed by atoms with van der Waals surface area (Å²) in [6.07, 6.45) is 7.95. The van der Waals surface area contributed by atoms with E-state index in [1.54, 1.807) is 0 Å². The Labute approximate surface area is 118 Å². The van der Waals surface area contributed by atoms with Gasteiger partial charge in [-0.25, -0.2) is 0 Å². The number of nitrogens with zero attached hydrogens (tertiary/aromatic N) is 1. The molecule has 1 amide bonds. The van der Waals surface area contributed by atoms with Crippen LogP contribution in [0.25, 0.3) is 0 Å². The van der Waals surface area contributed by atoms with E-state index in [9.17, 15) is 4.79 Å². The van der Waals surface area contributed by atoms with Crippen molar-refractivity contribution in [2.24, 2.45) is 11.7 Å². The number of likely N-dealkylation sites (tertiary alicyclic amines) is 1. The summed E-state index contributed by atoms with van der Waals surface area (Å²) in [5.74, 6) is 0.750. The van der Waals surface area contributed by atoms with Crippen LogP contribution in [0, 0.1) is 5.92 Å². The molecule has 1 rings (SSSR count). The van der Waals surface area contributed by atoms with Crippen molar-refractivity contribution in [1.29, 1.82) is 0 Å². The number of nitrogens with one attached hydrogen (secondary N) is 1. The minimum absolute atomic E-state index is 0.193. The molecule has 0 aliphatic carbocycles. The molecule has 1 unspecified atom stereocenters. The Kier molecular flexibility index (Phi) is 8.84. The van der Waals surface area contributed by atoms with Crippen molar-refractivity contribution in [3.05, 3.63) is 0 Å². The van der Waals surface area contributed by atoms with Crippen molar-refractivity contribution < 1.29 is 4.79 Å². The van der Waals surface area contributed by atoms with E-state index < -0.39 is 0 Å². The Morgan fingerprint density at radius 3 is 2.53 bits per heavy atom. The molecule has 0 aromatic heterocycles. The predicted molar refractivity (Wildman–Crippen MR) is 80.0 cm³/mol. The van der Waals surface area contributed by atoms with Gasteiger partial charge >= 0.3 is 0 Å². The number of nitrogens with two attached hydrogens (primary N) is 1. The highest BCUT2D eigenvalue weighted by atomic mass is 16.1. The highest BCUT2D eigenvalue weighted by Crippen LogP contribution is 2.09. The number of carbonyl (C=O) groups is 1. The summed E-state index contributed by atoms with van der Waals surface area (Å²) in [6, 6.07) is 0. The van der Waals surface area contributed by atoms with Crippen LogP contribution in [0.1, 0.15) is 51.9 Å². The molecule has 19 heavy (non-hydrogen) atoms. The molecule has 0 aromatic carbocycles. The van der Waals surface area contributed by atoms with E-state index in [0.717, 1.165) is 32.5 Å². The van der Waals surface area contributed by atoms with Gasteiger partial charge in [0, 0.05) is 19.5 Å². The number of carbonyl (C=O) groups excluding carboxylic acids is 1. The van der Waals surface area contributed by atoms with Crippen molar-refractivity contribution >= 4 is 5.91 Å². The molecular weight excluding hydrogens is 238 g/mol. The molecule has 1 heterocycles. The molecule has 0 aromatic rings. The SMILES string of the molecule is CC(CCN)CCC(=O)NCCN1CCCCCC1. The second kappa shape index (κ2) is 10.2. The Morgan fingerprint density at radius 1 is 1.21 bits per heavy atom. The van der Waals surface area contributed by atoms with Crippen LogP contribution in [0.3, 0.4) is 0 Å². The van der Waals surface area contributed by atoms with E-state index in [1.807, 2.05) is 0 Å². The zero-order valence-corrected chi connectivity index (χ0v) is 12.5. The third-order valence-electron chi connectivity index (χ3n) is 3.97. The molecule has 1 atom stereocenters. The van der Waals surface area contributed by atoms with E-state index in [1.165, 1.54) is 38.8 Å². The van der Waals surface area contributed by atoms with E-state index in [0.29, 0.717) is 12.3 Å². The van der Waals surface area contributed by atoms with E-state index >= 15 is 0 Å². The zero-order chi connectivity index (χ0) is 13.9. The lowest BCUT2D eigenvalue weighted by molar-refractivity contribution is -0.121. The fourth-order valence-electron chi connectivity index (χ4n) is 2.61. The van der Waals surface area contributed by atoms with Crippen LogP contribution in [0.4, 0.5) is 0 Å². The number of rotatable bonds is 8. The third-order valence-corrected chi connectivity index (χ3v) is 3.97. The summed E-state index contributed by atoms with van der Waals surface area (Å²) in [5.41, 5.74) is 5.51. The molecule has 1 saturated heterocycles. The maximum absolute atomic E-state index is 11.7. The monoisotopic (exact) mass is 269 g/mol. The van der Waals surface area contributed by atoms with Crippen LogP contribution in [0.15, 0.2) is 0 Å². The van der Waals surface area contributed by atoms with Gasteiger partial charge in [-0.3, -0.25) is 4.79 Å². The lowest BCUT2D eigenvalue weighted by Crippen LogP contribution is -2.35. The first-order chi connectivity index (χ1) is 9.22. The topological polar surface area (TPSA) is 58.4 Å². The summed E-state index contributed by atoms with van der Waals surface area (Å²) in [5, 5.41) is 3.04. The van der Waals surface area contributed by atoms with Gasteiger partial charge in [0.15, 0.2) is 0 Å². The average molecular weight is 269 g/mol. The van der Waals surface area contributed by atoms with E-state index in [-0.39, 0.29) is 5.91 Å². The molecular formula is C15H31N3O. The summed E-state index contributed by atoms with van der Waals surface area (Å²) >= 11 is 0. The normalized spacial score (nSPS) is 18.8. The van der Waals surface area contributed by atoms with Crippen LogP contribution >= 0.6 is 0 Å². The largest absolute Gasteiger partial charge is 0.355 e. The molecule has 0 saturated carbocycles. The standard InChI is InChI=1S/C15H31N3O/c1-14(8-9-16)6-7-15(19)17-10-13-18-11-4-2-3-5-12-18/h14H,2-13,16H2,1H3,(H,17,19). The van der Waals surface area contributed by atoms with Crippen molar-refractivity contribution in [2.45, 2.75) is 51.9 Å². The van der Waals surface area contributed by atoms with Crippen molar-refractivity contribution in [3.8, 4) is 0 Å².